The highest BCUT2D eigenvalue weighted by atomic mass is 19.4. The van der Waals surface area contributed by atoms with Crippen LogP contribution in [0.1, 0.15) is 43.5 Å². The maximum Gasteiger partial charge on any atom is 0.573 e. The number of hydrogen-bond donors (Lipinski definition) is 1. The highest BCUT2D eigenvalue weighted by Gasteiger charge is 2.59. The van der Waals surface area contributed by atoms with Crippen LogP contribution in [-0.4, -0.2) is 76.1 Å². The first kappa shape index (κ1) is 23.0. The first-order valence-electron chi connectivity index (χ1n) is 12.4. The zero-order valence-electron chi connectivity index (χ0n) is 19.4. The molecule has 1 saturated heterocycles. The number of halogens is 4. The maximum absolute atomic E-state index is 12.8. The average Bonchev–Trinajstić information content (AvgIpc) is 3.69. The Morgan fingerprint density at radius 1 is 1.09 bits per heavy atom. The van der Waals surface area contributed by atoms with E-state index in [9.17, 15) is 17.6 Å². The lowest BCUT2D eigenvalue weighted by atomic mass is 10.1. The number of nitrogen functional groups attached to an aromatic ring is 1. The van der Waals surface area contributed by atoms with Crippen molar-refractivity contribution in [1.29, 1.82) is 0 Å². The molecular formula is C24H30F4N6O. The van der Waals surface area contributed by atoms with Gasteiger partial charge in [-0.05, 0) is 43.6 Å². The molecule has 1 aliphatic heterocycles. The summed E-state index contributed by atoms with van der Waals surface area (Å²) in [6.07, 6.45) is 3.08. The molecule has 0 radical (unpaired) electrons. The van der Waals surface area contributed by atoms with Gasteiger partial charge >= 0.3 is 6.36 Å². The number of piperazine rings is 1. The monoisotopic (exact) mass is 494 g/mol. The fourth-order valence-corrected chi connectivity index (χ4v) is 6.19. The molecule has 7 nitrogen and oxygen atoms in total. The third kappa shape index (κ3) is 4.60. The second-order valence-corrected chi connectivity index (χ2v) is 10.3. The molecule has 0 amide bonds. The Morgan fingerprint density at radius 2 is 1.80 bits per heavy atom. The molecule has 0 spiro atoms. The standard InChI is InChI=1S/C24H30F4N6O/c25-3-4-32-5-7-33(8-6-32)16-10-17-18(11-16)21(17)34-13-19(31-23(34)14-1-2-14)15-9-20(22(29)30-12-15)35-24(26,27)28/h9,12-14,16-18,21H,1-8,10-11H2,(H2,29,30). The van der Waals surface area contributed by atoms with Crippen molar-refractivity contribution in [3.8, 4) is 17.0 Å². The van der Waals surface area contributed by atoms with Gasteiger partial charge in [-0.3, -0.25) is 9.80 Å². The van der Waals surface area contributed by atoms with E-state index in [0.717, 1.165) is 57.7 Å². The lowest BCUT2D eigenvalue weighted by Crippen LogP contribution is -2.50. The number of nitrogens with zero attached hydrogens (tertiary/aromatic N) is 5. The number of nitrogens with two attached hydrogens (primary N) is 1. The van der Waals surface area contributed by atoms with Crippen LogP contribution in [0.2, 0.25) is 0 Å². The molecule has 3 aliphatic carbocycles. The molecule has 3 heterocycles. The molecule has 6 rings (SSSR count). The molecule has 35 heavy (non-hydrogen) atoms. The number of anilines is 1. The van der Waals surface area contributed by atoms with Crippen LogP contribution in [0.15, 0.2) is 18.5 Å². The summed E-state index contributed by atoms with van der Waals surface area (Å²) in [4.78, 5) is 13.5. The van der Waals surface area contributed by atoms with Crippen molar-refractivity contribution in [3.05, 3.63) is 24.3 Å². The van der Waals surface area contributed by atoms with E-state index >= 15 is 0 Å². The lowest BCUT2D eigenvalue weighted by Gasteiger charge is -2.38. The van der Waals surface area contributed by atoms with E-state index in [1.807, 2.05) is 6.20 Å². The number of pyridine rings is 1. The number of fused-ring (bicyclic) bond motifs is 1. The molecule has 2 aromatic rings. The van der Waals surface area contributed by atoms with Crippen molar-refractivity contribution in [2.24, 2.45) is 11.8 Å². The summed E-state index contributed by atoms with van der Waals surface area (Å²) in [5.74, 6) is 1.86. The van der Waals surface area contributed by atoms with E-state index in [2.05, 4.69) is 24.1 Å². The predicted octanol–water partition coefficient (Wildman–Crippen LogP) is 3.84. The minimum atomic E-state index is -4.84. The normalized spacial score (nSPS) is 29.4. The van der Waals surface area contributed by atoms with Crippen molar-refractivity contribution < 1.29 is 22.3 Å². The van der Waals surface area contributed by atoms with Crippen LogP contribution in [0.4, 0.5) is 23.4 Å². The van der Waals surface area contributed by atoms with Gasteiger partial charge in [-0.2, -0.15) is 0 Å². The Bertz CT molecular complexity index is 1070. The number of aromatic nitrogens is 3. The fraction of sp³-hybridized carbons (Fsp3) is 0.667. The highest BCUT2D eigenvalue weighted by Crippen LogP contribution is 2.62. The van der Waals surface area contributed by atoms with Crippen LogP contribution in [0, 0.1) is 11.8 Å². The highest BCUT2D eigenvalue weighted by molar-refractivity contribution is 5.64. The van der Waals surface area contributed by atoms with Crippen LogP contribution >= 0.6 is 0 Å². The van der Waals surface area contributed by atoms with Gasteiger partial charge < -0.3 is 15.0 Å². The maximum atomic E-state index is 12.8. The van der Waals surface area contributed by atoms with Crippen LogP contribution in [0.3, 0.4) is 0 Å². The van der Waals surface area contributed by atoms with Crippen LogP contribution < -0.4 is 10.5 Å². The largest absolute Gasteiger partial charge is 0.573 e. The van der Waals surface area contributed by atoms with Gasteiger partial charge in [0.15, 0.2) is 11.6 Å². The summed E-state index contributed by atoms with van der Waals surface area (Å²) >= 11 is 0. The van der Waals surface area contributed by atoms with Gasteiger partial charge in [-0.1, -0.05) is 0 Å². The third-order valence-electron chi connectivity index (χ3n) is 8.13. The Kier molecular flexibility index (Phi) is 5.67. The summed E-state index contributed by atoms with van der Waals surface area (Å²) in [7, 11) is 0. The van der Waals surface area contributed by atoms with Crippen molar-refractivity contribution >= 4 is 5.82 Å². The number of rotatable bonds is 7. The number of ether oxygens (including phenoxy) is 1. The molecule has 0 bridgehead atoms. The van der Waals surface area contributed by atoms with E-state index in [0.29, 0.717) is 47.6 Å². The SMILES string of the molecule is Nc1ncc(-c2cn(C3C4CC(N5CCN(CCF)CC5)CC43)c(C3CC3)n2)cc1OC(F)(F)F. The Labute approximate surface area is 201 Å². The second-order valence-electron chi connectivity index (χ2n) is 10.3. The molecule has 2 N–H and O–H groups in total. The Balaban J connectivity index is 1.16. The first-order valence-corrected chi connectivity index (χ1v) is 12.4. The van der Waals surface area contributed by atoms with E-state index in [1.165, 1.54) is 12.3 Å². The lowest BCUT2D eigenvalue weighted by molar-refractivity contribution is -0.274. The van der Waals surface area contributed by atoms with Crippen LogP contribution in [-0.2, 0) is 0 Å². The molecule has 2 aromatic heterocycles. The first-order chi connectivity index (χ1) is 16.8. The fourth-order valence-electron chi connectivity index (χ4n) is 6.19. The van der Waals surface area contributed by atoms with Crippen molar-refractivity contribution in [1.82, 2.24) is 24.3 Å². The molecule has 4 aliphatic rings. The van der Waals surface area contributed by atoms with Crippen molar-refractivity contribution in [2.75, 3.05) is 45.1 Å². The second kappa shape index (κ2) is 8.62. The van der Waals surface area contributed by atoms with Gasteiger partial charge in [0.2, 0.25) is 0 Å². The smallest absolute Gasteiger partial charge is 0.402 e. The summed E-state index contributed by atoms with van der Waals surface area (Å²) in [6.45, 7) is 4.13. The third-order valence-corrected chi connectivity index (χ3v) is 8.13. The molecule has 2 unspecified atom stereocenters. The van der Waals surface area contributed by atoms with E-state index < -0.39 is 12.1 Å². The summed E-state index contributed by atoms with van der Waals surface area (Å²) in [6, 6.07) is 2.26. The van der Waals surface area contributed by atoms with Gasteiger partial charge in [0, 0.05) is 68.7 Å². The van der Waals surface area contributed by atoms with Crippen LogP contribution in [0.5, 0.6) is 5.75 Å². The molecular weight excluding hydrogens is 464 g/mol. The van der Waals surface area contributed by atoms with E-state index in [1.54, 1.807) is 0 Å². The molecule has 3 saturated carbocycles. The average molecular weight is 495 g/mol. The number of alkyl halides is 4. The van der Waals surface area contributed by atoms with E-state index in [4.69, 9.17) is 10.7 Å². The molecule has 2 atom stereocenters. The topological polar surface area (TPSA) is 72.4 Å². The van der Waals surface area contributed by atoms with Crippen LogP contribution in [0.25, 0.3) is 11.3 Å². The Hall–Kier alpha value is -2.40. The summed E-state index contributed by atoms with van der Waals surface area (Å²) in [5, 5.41) is 0. The van der Waals surface area contributed by atoms with Gasteiger partial charge in [-0.25, -0.2) is 14.4 Å². The van der Waals surface area contributed by atoms with Gasteiger partial charge in [0.05, 0.1) is 5.69 Å². The quantitative estimate of drug-likeness (QED) is 0.590. The molecule has 11 heteroatoms. The molecule has 0 aromatic carbocycles. The van der Waals surface area contributed by atoms with Crippen molar-refractivity contribution in [3.63, 3.8) is 0 Å². The van der Waals surface area contributed by atoms with Gasteiger partial charge in [0.1, 0.15) is 12.5 Å². The molecule has 4 fully saturated rings. The number of imidazole rings is 1. The van der Waals surface area contributed by atoms with Gasteiger partial charge in [-0.15, -0.1) is 13.2 Å². The minimum Gasteiger partial charge on any atom is -0.402 e. The Morgan fingerprint density at radius 3 is 2.43 bits per heavy atom. The van der Waals surface area contributed by atoms with E-state index in [-0.39, 0.29) is 12.5 Å². The van der Waals surface area contributed by atoms with Crippen molar-refractivity contribution in [2.45, 2.75) is 50.0 Å². The minimum absolute atomic E-state index is 0.283. The predicted molar refractivity (Wildman–Crippen MR) is 122 cm³/mol. The zero-order valence-corrected chi connectivity index (χ0v) is 19.4. The van der Waals surface area contributed by atoms with Gasteiger partial charge in [0.25, 0.3) is 0 Å². The molecule has 190 valence electrons. The number of hydrogen-bond acceptors (Lipinski definition) is 6. The summed E-state index contributed by atoms with van der Waals surface area (Å²) in [5.41, 5.74) is 6.68. The zero-order chi connectivity index (χ0) is 24.3. The summed E-state index contributed by atoms with van der Waals surface area (Å²) < 4.78 is 57.2.